The molecule has 0 aliphatic carbocycles. The van der Waals surface area contributed by atoms with Gasteiger partial charge in [0.15, 0.2) is 10.8 Å². The molecular formula is C19H19N5O8S2. The number of thiazole rings is 1. The van der Waals surface area contributed by atoms with Gasteiger partial charge in [0, 0.05) is 25.0 Å². The van der Waals surface area contributed by atoms with Gasteiger partial charge >= 0.3 is 17.9 Å². The summed E-state index contributed by atoms with van der Waals surface area (Å²) in [5.74, 6) is -3.82. The van der Waals surface area contributed by atoms with Gasteiger partial charge in [-0.2, -0.15) is 0 Å². The van der Waals surface area contributed by atoms with Crippen LogP contribution in [-0.2, 0) is 33.5 Å². The van der Waals surface area contributed by atoms with E-state index in [1.165, 1.54) is 36.2 Å². The highest BCUT2D eigenvalue weighted by Crippen LogP contribution is 2.40. The van der Waals surface area contributed by atoms with Crippen LogP contribution >= 0.6 is 23.1 Å². The molecule has 2 amide bonds. The van der Waals surface area contributed by atoms with Crippen LogP contribution in [0.5, 0.6) is 0 Å². The van der Waals surface area contributed by atoms with Crippen molar-refractivity contribution in [2.75, 3.05) is 18.1 Å². The van der Waals surface area contributed by atoms with Gasteiger partial charge in [-0.05, 0) is 11.6 Å². The van der Waals surface area contributed by atoms with Gasteiger partial charge in [-0.1, -0.05) is 11.2 Å². The van der Waals surface area contributed by atoms with Crippen molar-refractivity contribution < 1.29 is 38.7 Å². The number of oxime groups is 1. The van der Waals surface area contributed by atoms with Gasteiger partial charge in [0.05, 0.1) is 0 Å². The number of aliphatic carboxylic acids is 1. The standard InChI is InChI=1S/C19H19N5O8S2/c1-8(25)31-5-3-4-10-6-33-17-13(16(28)24(17)14(10)18(29)30)22-15(27)12(23-32-9(2)26)11-7-34-19(20)21-11/h3-4,7,13,17H,5-6H2,1-2H3,(H2,20,21)(H,22,27)(H,29,30)/b4-3-,23-12-/t13?,17-/m1/s1. The number of nitrogens with zero attached hydrogens (tertiary/aromatic N) is 3. The molecule has 3 rings (SSSR count). The molecule has 0 spiro atoms. The van der Waals surface area contributed by atoms with Crippen molar-refractivity contribution >= 4 is 63.7 Å². The maximum atomic E-state index is 12.8. The molecule has 2 aliphatic rings. The van der Waals surface area contributed by atoms with Crippen molar-refractivity contribution in [3.63, 3.8) is 0 Å². The van der Waals surface area contributed by atoms with E-state index in [4.69, 9.17) is 10.5 Å². The third kappa shape index (κ3) is 5.43. The number of fused-ring (bicyclic) bond motifs is 1. The Kier molecular flexibility index (Phi) is 7.68. The second-order valence-electron chi connectivity index (χ2n) is 6.84. The third-order valence-corrected chi connectivity index (χ3v) is 6.41. The molecule has 0 radical (unpaired) electrons. The topological polar surface area (TPSA) is 191 Å². The molecule has 0 saturated carbocycles. The first-order valence-corrected chi connectivity index (χ1v) is 11.5. The Labute approximate surface area is 200 Å². The van der Waals surface area contributed by atoms with Crippen molar-refractivity contribution in [1.82, 2.24) is 15.2 Å². The lowest BCUT2D eigenvalue weighted by Crippen LogP contribution is -2.71. The van der Waals surface area contributed by atoms with Crippen LogP contribution in [-0.4, -0.2) is 74.2 Å². The first kappa shape index (κ1) is 24.9. The highest BCUT2D eigenvalue weighted by molar-refractivity contribution is 8.00. The van der Waals surface area contributed by atoms with Crippen molar-refractivity contribution in [2.24, 2.45) is 5.16 Å². The number of hydrogen-bond acceptors (Lipinski definition) is 12. The van der Waals surface area contributed by atoms with E-state index >= 15 is 0 Å². The van der Waals surface area contributed by atoms with Crippen LogP contribution < -0.4 is 11.1 Å². The Morgan fingerprint density at radius 2 is 2.09 bits per heavy atom. The molecule has 3 heterocycles. The maximum Gasteiger partial charge on any atom is 0.352 e. The number of hydrogen-bond donors (Lipinski definition) is 3. The minimum atomic E-state index is -1.31. The molecule has 13 nitrogen and oxygen atoms in total. The summed E-state index contributed by atoms with van der Waals surface area (Å²) in [5.41, 5.74) is 5.41. The molecule has 4 N–H and O–H groups in total. The number of β-lactam (4-membered cyclic amide) rings is 1. The number of amides is 2. The zero-order valence-electron chi connectivity index (χ0n) is 17.8. The van der Waals surface area contributed by atoms with E-state index in [1.54, 1.807) is 0 Å². The van der Waals surface area contributed by atoms with Gasteiger partial charge in [0.25, 0.3) is 11.8 Å². The predicted octanol–water partition coefficient (Wildman–Crippen LogP) is -0.150. The van der Waals surface area contributed by atoms with Gasteiger partial charge in [0.1, 0.15) is 29.4 Å². The fourth-order valence-electron chi connectivity index (χ4n) is 3.05. The van der Waals surface area contributed by atoms with E-state index in [0.717, 1.165) is 23.2 Å². The normalized spacial score (nSPS) is 20.0. The summed E-state index contributed by atoms with van der Waals surface area (Å²) in [6.07, 6.45) is 2.95. The number of carbonyl (C=O) groups is 5. The van der Waals surface area contributed by atoms with Crippen LogP contribution in [0.25, 0.3) is 0 Å². The highest BCUT2D eigenvalue weighted by atomic mass is 32.2. The average molecular weight is 510 g/mol. The second-order valence-corrected chi connectivity index (χ2v) is 8.83. The summed E-state index contributed by atoms with van der Waals surface area (Å²) in [4.78, 5) is 69.1. The van der Waals surface area contributed by atoms with Crippen LogP contribution in [0.15, 0.2) is 34.0 Å². The van der Waals surface area contributed by atoms with Crippen LogP contribution in [0.2, 0.25) is 0 Å². The smallest absolute Gasteiger partial charge is 0.352 e. The Balaban J connectivity index is 1.77. The number of nitrogens with two attached hydrogens (primary N) is 1. The first-order chi connectivity index (χ1) is 16.1. The molecule has 0 aromatic carbocycles. The number of carboxylic acid groups (broad SMARTS) is 1. The van der Waals surface area contributed by atoms with E-state index in [9.17, 15) is 29.1 Å². The Hall–Kier alpha value is -3.72. The predicted molar refractivity (Wildman–Crippen MR) is 120 cm³/mol. The lowest BCUT2D eigenvalue weighted by atomic mass is 10.0. The second kappa shape index (κ2) is 10.5. The minimum Gasteiger partial charge on any atom is -0.477 e. The molecule has 2 atom stereocenters. The number of anilines is 1. The van der Waals surface area contributed by atoms with Gasteiger partial charge in [-0.3, -0.25) is 19.3 Å². The van der Waals surface area contributed by atoms with E-state index in [2.05, 4.69) is 20.3 Å². The summed E-state index contributed by atoms with van der Waals surface area (Å²) < 4.78 is 4.78. The van der Waals surface area contributed by atoms with E-state index in [1.807, 2.05) is 0 Å². The zero-order chi connectivity index (χ0) is 25.0. The number of carboxylic acids is 1. The molecule has 1 aromatic rings. The lowest BCUT2D eigenvalue weighted by molar-refractivity contribution is -0.150. The van der Waals surface area contributed by atoms with Crippen molar-refractivity contribution in [3.8, 4) is 0 Å². The quantitative estimate of drug-likeness (QED) is 0.139. The molecule has 1 saturated heterocycles. The number of ether oxygens (including phenoxy) is 1. The molecule has 0 bridgehead atoms. The highest BCUT2D eigenvalue weighted by Gasteiger charge is 2.54. The number of rotatable bonds is 8. The van der Waals surface area contributed by atoms with Crippen LogP contribution in [0.3, 0.4) is 0 Å². The van der Waals surface area contributed by atoms with Gasteiger partial charge < -0.3 is 25.7 Å². The molecular weight excluding hydrogens is 490 g/mol. The fourth-order valence-corrected chi connectivity index (χ4v) is 4.91. The minimum absolute atomic E-state index is 0.0436. The number of thioether (sulfide) groups is 1. The number of nitrogens with one attached hydrogen (secondary N) is 1. The molecule has 2 aliphatic heterocycles. The van der Waals surface area contributed by atoms with Crippen molar-refractivity contribution in [1.29, 1.82) is 0 Å². The largest absolute Gasteiger partial charge is 0.477 e. The third-order valence-electron chi connectivity index (χ3n) is 4.43. The summed E-state index contributed by atoms with van der Waals surface area (Å²) >= 11 is 2.28. The lowest BCUT2D eigenvalue weighted by Gasteiger charge is -2.49. The summed E-state index contributed by atoms with van der Waals surface area (Å²) in [6.45, 7) is 2.30. The Morgan fingerprint density at radius 1 is 1.35 bits per heavy atom. The van der Waals surface area contributed by atoms with Crippen molar-refractivity contribution in [3.05, 3.63) is 34.5 Å². The number of nitrogen functional groups attached to an aromatic ring is 1. The summed E-state index contributed by atoms with van der Waals surface area (Å²) in [6, 6.07) is -1.04. The number of esters is 1. The monoisotopic (exact) mass is 509 g/mol. The van der Waals surface area contributed by atoms with E-state index in [-0.39, 0.29) is 34.6 Å². The summed E-state index contributed by atoms with van der Waals surface area (Å²) in [7, 11) is 0. The molecule has 34 heavy (non-hydrogen) atoms. The molecule has 1 fully saturated rings. The van der Waals surface area contributed by atoms with Gasteiger partial charge in [-0.15, -0.1) is 23.1 Å². The number of aromatic nitrogens is 1. The molecule has 1 aromatic heterocycles. The van der Waals surface area contributed by atoms with Gasteiger partial charge in [-0.25, -0.2) is 14.6 Å². The summed E-state index contributed by atoms with van der Waals surface area (Å²) in [5, 5.41) is 16.6. The van der Waals surface area contributed by atoms with Gasteiger partial charge in [0.2, 0.25) is 0 Å². The van der Waals surface area contributed by atoms with Crippen molar-refractivity contribution in [2.45, 2.75) is 25.3 Å². The number of carbonyl (C=O) groups excluding carboxylic acids is 4. The first-order valence-electron chi connectivity index (χ1n) is 9.59. The van der Waals surface area contributed by atoms with Crippen LogP contribution in [0.1, 0.15) is 19.5 Å². The fraction of sp³-hybridized carbons (Fsp3) is 0.316. The van der Waals surface area contributed by atoms with E-state index in [0.29, 0.717) is 5.57 Å². The van der Waals surface area contributed by atoms with Crippen LogP contribution in [0, 0.1) is 0 Å². The molecule has 15 heteroatoms. The Morgan fingerprint density at radius 3 is 2.68 bits per heavy atom. The number of allylic oxidation sites excluding steroid dienone is 1. The molecule has 1 unspecified atom stereocenters. The molecule has 180 valence electrons. The Bertz CT molecular complexity index is 1140. The average Bonchev–Trinajstić information content (AvgIpc) is 3.19. The van der Waals surface area contributed by atoms with Crippen LogP contribution in [0.4, 0.5) is 5.13 Å². The SMILES string of the molecule is CC(=O)OC/C=C\C1=C(C(=O)O)N2C(=O)C(NC(=O)/C(=N\OC(C)=O)c3csc(N)n3)[C@H]2SC1. The van der Waals surface area contributed by atoms with E-state index < -0.39 is 41.1 Å². The zero-order valence-corrected chi connectivity index (χ0v) is 19.5. The maximum absolute atomic E-state index is 12.8.